The number of aliphatic carboxylic acids is 1. The summed E-state index contributed by atoms with van der Waals surface area (Å²) < 4.78 is 48.6. The fraction of sp³-hybridized carbons (Fsp3) is 0.833. The number of halogens is 3. The summed E-state index contributed by atoms with van der Waals surface area (Å²) in [5.74, 6) is -1.76. The Balaban J connectivity index is 3.81. The molecule has 0 saturated heterocycles. The lowest BCUT2D eigenvalue weighted by atomic mass is 10.5. The Kier molecular flexibility index (Phi) is 5.06. The number of ether oxygens (including phenoxy) is 1. The van der Waals surface area contributed by atoms with Crippen molar-refractivity contribution < 1.29 is 32.0 Å². The topological polar surface area (TPSA) is 63.6 Å². The van der Waals surface area contributed by atoms with Crippen LogP contribution < -0.4 is 0 Å². The summed E-state index contributed by atoms with van der Waals surface area (Å²) >= 11 is 0. The molecule has 0 aromatic rings. The van der Waals surface area contributed by atoms with E-state index in [4.69, 9.17) is 5.11 Å². The van der Waals surface area contributed by atoms with Crippen molar-refractivity contribution in [3.63, 3.8) is 0 Å². The first-order valence-corrected chi connectivity index (χ1v) is 4.93. The van der Waals surface area contributed by atoms with E-state index in [0.29, 0.717) is 0 Å². The fourth-order valence-corrected chi connectivity index (χ4v) is 1.35. The average molecular weight is 234 g/mol. The van der Waals surface area contributed by atoms with Crippen molar-refractivity contribution in [2.75, 3.05) is 12.4 Å². The summed E-state index contributed by atoms with van der Waals surface area (Å²) in [6, 6.07) is 0. The van der Waals surface area contributed by atoms with E-state index in [1.807, 2.05) is 0 Å². The number of rotatable bonds is 5. The molecular weight excluding hydrogens is 225 g/mol. The summed E-state index contributed by atoms with van der Waals surface area (Å²) in [6.45, 7) is 0.361. The van der Waals surface area contributed by atoms with Crippen molar-refractivity contribution >= 4 is 16.8 Å². The molecule has 0 radical (unpaired) electrons. The van der Waals surface area contributed by atoms with E-state index in [2.05, 4.69) is 4.74 Å². The number of hydrogen-bond donors (Lipinski definition) is 1. The van der Waals surface area contributed by atoms with Gasteiger partial charge >= 0.3 is 12.3 Å². The molecule has 4 nitrogen and oxygen atoms in total. The van der Waals surface area contributed by atoms with E-state index in [1.54, 1.807) is 0 Å². The second-order valence-corrected chi connectivity index (χ2v) is 4.24. The SMILES string of the molecule is CC(C(=O)O)S(=O)CCOC(F)(F)F. The highest BCUT2D eigenvalue weighted by Gasteiger charge is 2.29. The highest BCUT2D eigenvalue weighted by atomic mass is 32.2. The van der Waals surface area contributed by atoms with Gasteiger partial charge in [-0.2, -0.15) is 0 Å². The van der Waals surface area contributed by atoms with Gasteiger partial charge < -0.3 is 5.11 Å². The van der Waals surface area contributed by atoms with E-state index in [-0.39, 0.29) is 0 Å². The maximum atomic E-state index is 11.4. The first-order valence-electron chi connectivity index (χ1n) is 3.54. The Morgan fingerprint density at radius 2 is 2.07 bits per heavy atom. The Labute approximate surface area is 80.5 Å². The van der Waals surface area contributed by atoms with Crippen molar-refractivity contribution in [1.82, 2.24) is 0 Å². The van der Waals surface area contributed by atoms with Crippen LogP contribution in [0.25, 0.3) is 0 Å². The lowest BCUT2D eigenvalue weighted by Crippen LogP contribution is -2.27. The van der Waals surface area contributed by atoms with Crippen LogP contribution in [0.15, 0.2) is 0 Å². The van der Waals surface area contributed by atoms with Gasteiger partial charge in [-0.3, -0.25) is 13.7 Å². The van der Waals surface area contributed by atoms with Gasteiger partial charge in [-0.15, -0.1) is 13.2 Å². The number of carbonyl (C=O) groups is 1. The maximum Gasteiger partial charge on any atom is 0.522 e. The van der Waals surface area contributed by atoms with Gasteiger partial charge in [-0.1, -0.05) is 0 Å². The fourth-order valence-electron chi connectivity index (χ4n) is 0.529. The number of carboxylic acids is 1. The zero-order valence-corrected chi connectivity index (χ0v) is 8.02. The Hall–Kier alpha value is -0.630. The second-order valence-electron chi connectivity index (χ2n) is 2.36. The molecule has 14 heavy (non-hydrogen) atoms. The molecule has 0 saturated carbocycles. The maximum absolute atomic E-state index is 11.4. The Bertz CT molecular complexity index is 228. The van der Waals surface area contributed by atoms with Crippen LogP contribution in [0, 0.1) is 0 Å². The first kappa shape index (κ1) is 13.4. The molecule has 0 aromatic heterocycles. The molecular formula is C6H9F3O4S. The zero-order valence-electron chi connectivity index (χ0n) is 7.21. The minimum absolute atomic E-state index is 0.451. The molecule has 0 spiro atoms. The van der Waals surface area contributed by atoms with Gasteiger partial charge in [0.15, 0.2) is 0 Å². The molecule has 0 aromatic carbocycles. The van der Waals surface area contributed by atoms with Crippen molar-refractivity contribution in [2.45, 2.75) is 18.5 Å². The molecule has 0 bridgehead atoms. The lowest BCUT2D eigenvalue weighted by Gasteiger charge is -2.08. The Morgan fingerprint density at radius 3 is 2.43 bits per heavy atom. The predicted octanol–water partition coefficient (Wildman–Crippen LogP) is 0.745. The number of alkyl halides is 3. The summed E-state index contributed by atoms with van der Waals surface area (Å²) in [6.07, 6.45) is -4.77. The Morgan fingerprint density at radius 1 is 1.57 bits per heavy atom. The van der Waals surface area contributed by atoms with E-state index in [1.165, 1.54) is 0 Å². The summed E-state index contributed by atoms with van der Waals surface area (Å²) in [5, 5.41) is 7.17. The molecule has 0 aliphatic heterocycles. The zero-order chi connectivity index (χ0) is 11.4. The quantitative estimate of drug-likeness (QED) is 0.762. The normalized spacial score (nSPS) is 16.3. The molecule has 0 rings (SSSR count). The standard InChI is InChI=1S/C6H9F3O4S/c1-4(5(10)11)14(12)3-2-13-6(7,8)9/h4H,2-3H2,1H3,(H,10,11). The minimum atomic E-state index is -4.77. The van der Waals surface area contributed by atoms with E-state index < -0.39 is 40.7 Å². The molecule has 2 unspecified atom stereocenters. The highest BCUT2D eigenvalue weighted by Crippen LogP contribution is 2.15. The van der Waals surface area contributed by atoms with Gasteiger partial charge in [0.1, 0.15) is 5.25 Å². The van der Waals surface area contributed by atoms with Gasteiger partial charge in [-0.05, 0) is 6.92 Å². The molecule has 0 heterocycles. The molecule has 84 valence electrons. The van der Waals surface area contributed by atoms with Gasteiger partial charge in [0.25, 0.3) is 0 Å². The highest BCUT2D eigenvalue weighted by molar-refractivity contribution is 7.86. The smallest absolute Gasteiger partial charge is 0.480 e. The van der Waals surface area contributed by atoms with Gasteiger partial charge in [0.05, 0.1) is 6.61 Å². The van der Waals surface area contributed by atoms with E-state index in [0.717, 1.165) is 6.92 Å². The van der Waals surface area contributed by atoms with Gasteiger partial charge in [0.2, 0.25) is 0 Å². The number of carboxylic acid groups (broad SMARTS) is 1. The lowest BCUT2D eigenvalue weighted by molar-refractivity contribution is -0.322. The largest absolute Gasteiger partial charge is 0.522 e. The predicted molar refractivity (Wildman–Crippen MR) is 42.1 cm³/mol. The van der Waals surface area contributed by atoms with Crippen molar-refractivity contribution in [2.24, 2.45) is 0 Å². The van der Waals surface area contributed by atoms with Crippen LogP contribution in [0.3, 0.4) is 0 Å². The van der Waals surface area contributed by atoms with Crippen LogP contribution >= 0.6 is 0 Å². The minimum Gasteiger partial charge on any atom is -0.480 e. The third-order valence-corrected chi connectivity index (χ3v) is 2.85. The molecule has 1 N–H and O–H groups in total. The van der Waals surface area contributed by atoms with Crippen LogP contribution in [0.5, 0.6) is 0 Å². The monoisotopic (exact) mass is 234 g/mol. The third kappa shape index (κ3) is 5.92. The van der Waals surface area contributed by atoms with E-state index in [9.17, 15) is 22.2 Å². The van der Waals surface area contributed by atoms with Crippen molar-refractivity contribution in [1.29, 1.82) is 0 Å². The van der Waals surface area contributed by atoms with Crippen LogP contribution in [0.4, 0.5) is 13.2 Å². The van der Waals surface area contributed by atoms with E-state index >= 15 is 0 Å². The molecule has 0 fully saturated rings. The molecule has 0 amide bonds. The van der Waals surface area contributed by atoms with Gasteiger partial charge in [0, 0.05) is 16.6 Å². The van der Waals surface area contributed by atoms with Crippen molar-refractivity contribution in [3.05, 3.63) is 0 Å². The van der Waals surface area contributed by atoms with Crippen molar-refractivity contribution in [3.8, 4) is 0 Å². The molecule has 0 aliphatic carbocycles. The first-order chi connectivity index (χ1) is 6.24. The second kappa shape index (κ2) is 5.30. The average Bonchev–Trinajstić information content (AvgIpc) is 2.00. The summed E-state index contributed by atoms with van der Waals surface area (Å²) in [7, 11) is -1.85. The molecule has 2 atom stereocenters. The molecule has 0 aliphatic rings. The number of hydrogen-bond acceptors (Lipinski definition) is 3. The third-order valence-electron chi connectivity index (χ3n) is 1.29. The molecule has 8 heteroatoms. The van der Waals surface area contributed by atoms with Crippen LogP contribution in [-0.4, -0.2) is 39.3 Å². The van der Waals surface area contributed by atoms with Crippen LogP contribution in [0.1, 0.15) is 6.92 Å². The summed E-state index contributed by atoms with van der Waals surface area (Å²) in [5.41, 5.74) is 0. The summed E-state index contributed by atoms with van der Waals surface area (Å²) in [4.78, 5) is 10.2. The van der Waals surface area contributed by atoms with Crippen LogP contribution in [-0.2, 0) is 20.3 Å². The van der Waals surface area contributed by atoms with Gasteiger partial charge in [-0.25, -0.2) is 0 Å². The van der Waals surface area contributed by atoms with Crippen LogP contribution in [0.2, 0.25) is 0 Å².